The van der Waals surface area contributed by atoms with Crippen molar-refractivity contribution in [2.45, 2.75) is 18.8 Å². The minimum atomic E-state index is 0.667. The van der Waals surface area contributed by atoms with Crippen LogP contribution in [0.2, 0.25) is 0 Å². The SMILES string of the molecule is CNCC1CC(c2ccc3c(c2)OCCO3)C1. The molecule has 1 saturated carbocycles. The van der Waals surface area contributed by atoms with Gasteiger partial charge in [0.05, 0.1) is 0 Å². The Morgan fingerprint density at radius 1 is 1.18 bits per heavy atom. The Labute approximate surface area is 102 Å². The summed E-state index contributed by atoms with van der Waals surface area (Å²) in [4.78, 5) is 0. The highest BCUT2D eigenvalue weighted by atomic mass is 16.6. The van der Waals surface area contributed by atoms with E-state index in [2.05, 4.69) is 23.5 Å². The molecule has 3 heteroatoms. The molecule has 0 spiro atoms. The third-order valence-corrected chi connectivity index (χ3v) is 3.77. The zero-order chi connectivity index (χ0) is 11.7. The topological polar surface area (TPSA) is 30.5 Å². The van der Waals surface area contributed by atoms with Gasteiger partial charge in [0.2, 0.25) is 0 Å². The molecule has 17 heavy (non-hydrogen) atoms. The quantitative estimate of drug-likeness (QED) is 0.868. The zero-order valence-electron chi connectivity index (χ0n) is 10.2. The predicted molar refractivity (Wildman–Crippen MR) is 66.8 cm³/mol. The minimum Gasteiger partial charge on any atom is -0.486 e. The van der Waals surface area contributed by atoms with Gasteiger partial charge in [-0.05, 0) is 56.0 Å². The fourth-order valence-electron chi connectivity index (χ4n) is 2.78. The summed E-state index contributed by atoms with van der Waals surface area (Å²) in [6.45, 7) is 2.48. The van der Waals surface area contributed by atoms with Gasteiger partial charge < -0.3 is 14.8 Å². The molecular weight excluding hydrogens is 214 g/mol. The van der Waals surface area contributed by atoms with Crippen LogP contribution in [0.25, 0.3) is 0 Å². The van der Waals surface area contributed by atoms with E-state index in [0.29, 0.717) is 19.1 Å². The molecule has 1 heterocycles. The van der Waals surface area contributed by atoms with Gasteiger partial charge in [-0.2, -0.15) is 0 Å². The van der Waals surface area contributed by atoms with Crippen LogP contribution in [0.3, 0.4) is 0 Å². The van der Waals surface area contributed by atoms with Crippen molar-refractivity contribution < 1.29 is 9.47 Å². The molecular formula is C14H19NO2. The average Bonchev–Trinajstić information content (AvgIpc) is 2.33. The summed E-state index contributed by atoms with van der Waals surface area (Å²) in [5, 5.41) is 3.25. The molecule has 3 nitrogen and oxygen atoms in total. The first-order valence-corrected chi connectivity index (χ1v) is 6.41. The molecule has 1 aliphatic carbocycles. The van der Waals surface area contributed by atoms with Crippen LogP contribution in [0.4, 0.5) is 0 Å². The molecule has 3 rings (SSSR count). The van der Waals surface area contributed by atoms with Crippen molar-refractivity contribution >= 4 is 0 Å². The Hall–Kier alpha value is -1.22. The van der Waals surface area contributed by atoms with Gasteiger partial charge in [-0.1, -0.05) is 6.07 Å². The van der Waals surface area contributed by atoms with E-state index < -0.39 is 0 Å². The van der Waals surface area contributed by atoms with E-state index in [0.717, 1.165) is 24.0 Å². The number of rotatable bonds is 3. The molecule has 2 aliphatic rings. The smallest absolute Gasteiger partial charge is 0.161 e. The first-order chi connectivity index (χ1) is 8.36. The fourth-order valence-corrected chi connectivity index (χ4v) is 2.78. The third-order valence-electron chi connectivity index (χ3n) is 3.77. The van der Waals surface area contributed by atoms with Crippen molar-refractivity contribution in [3.05, 3.63) is 23.8 Å². The van der Waals surface area contributed by atoms with Crippen molar-refractivity contribution in [2.75, 3.05) is 26.8 Å². The van der Waals surface area contributed by atoms with Gasteiger partial charge in [-0.25, -0.2) is 0 Å². The van der Waals surface area contributed by atoms with Crippen LogP contribution in [0.1, 0.15) is 24.3 Å². The van der Waals surface area contributed by atoms with Gasteiger partial charge in [-0.15, -0.1) is 0 Å². The largest absolute Gasteiger partial charge is 0.486 e. The highest BCUT2D eigenvalue weighted by Gasteiger charge is 2.30. The van der Waals surface area contributed by atoms with Crippen LogP contribution in [0.15, 0.2) is 18.2 Å². The molecule has 0 amide bonds. The lowest BCUT2D eigenvalue weighted by molar-refractivity contribution is 0.170. The first-order valence-electron chi connectivity index (χ1n) is 6.41. The summed E-state index contributed by atoms with van der Waals surface area (Å²) in [6, 6.07) is 6.40. The minimum absolute atomic E-state index is 0.667. The molecule has 1 aromatic rings. The van der Waals surface area contributed by atoms with E-state index >= 15 is 0 Å². The van der Waals surface area contributed by atoms with Crippen molar-refractivity contribution in [2.24, 2.45) is 5.92 Å². The van der Waals surface area contributed by atoms with Gasteiger partial charge >= 0.3 is 0 Å². The van der Waals surface area contributed by atoms with Crippen molar-refractivity contribution in [3.8, 4) is 11.5 Å². The molecule has 1 fully saturated rings. The summed E-state index contributed by atoms with van der Waals surface area (Å²) >= 11 is 0. The van der Waals surface area contributed by atoms with E-state index in [1.54, 1.807) is 0 Å². The third kappa shape index (κ3) is 2.12. The van der Waals surface area contributed by atoms with Crippen LogP contribution in [0, 0.1) is 5.92 Å². The molecule has 1 N–H and O–H groups in total. The number of fused-ring (bicyclic) bond motifs is 1. The van der Waals surface area contributed by atoms with E-state index in [1.165, 1.54) is 18.4 Å². The maximum atomic E-state index is 5.62. The number of hydrogen-bond donors (Lipinski definition) is 1. The van der Waals surface area contributed by atoms with Gasteiger partial charge in [-0.3, -0.25) is 0 Å². The Kier molecular flexibility index (Phi) is 2.93. The Morgan fingerprint density at radius 2 is 1.94 bits per heavy atom. The second-order valence-electron chi connectivity index (χ2n) is 5.00. The Bertz CT molecular complexity index is 399. The lowest BCUT2D eigenvalue weighted by Gasteiger charge is -2.36. The molecule has 0 atom stereocenters. The molecule has 0 bridgehead atoms. The van der Waals surface area contributed by atoms with Crippen molar-refractivity contribution in [3.63, 3.8) is 0 Å². The summed E-state index contributed by atoms with van der Waals surface area (Å²) in [5.74, 6) is 3.37. The monoisotopic (exact) mass is 233 g/mol. The average molecular weight is 233 g/mol. The van der Waals surface area contributed by atoms with E-state index in [1.807, 2.05) is 7.05 Å². The maximum absolute atomic E-state index is 5.62. The lowest BCUT2D eigenvalue weighted by atomic mass is 9.71. The molecule has 1 aromatic carbocycles. The lowest BCUT2D eigenvalue weighted by Crippen LogP contribution is -2.30. The molecule has 0 saturated heterocycles. The summed E-state index contributed by atoms with van der Waals surface area (Å²) in [5.41, 5.74) is 1.40. The fraction of sp³-hybridized carbons (Fsp3) is 0.571. The van der Waals surface area contributed by atoms with Crippen LogP contribution < -0.4 is 14.8 Å². The Morgan fingerprint density at radius 3 is 2.71 bits per heavy atom. The normalized spacial score (nSPS) is 26.4. The van der Waals surface area contributed by atoms with Crippen LogP contribution in [-0.2, 0) is 0 Å². The van der Waals surface area contributed by atoms with Crippen molar-refractivity contribution in [1.82, 2.24) is 5.32 Å². The number of benzene rings is 1. The van der Waals surface area contributed by atoms with Crippen LogP contribution in [0.5, 0.6) is 11.5 Å². The summed E-state index contributed by atoms with van der Waals surface area (Å²) in [7, 11) is 2.03. The Balaban J connectivity index is 1.68. The number of ether oxygens (including phenoxy) is 2. The van der Waals surface area contributed by atoms with Crippen LogP contribution >= 0.6 is 0 Å². The number of nitrogens with one attached hydrogen (secondary N) is 1. The second kappa shape index (κ2) is 4.57. The first kappa shape index (κ1) is 10.9. The van der Waals surface area contributed by atoms with Crippen molar-refractivity contribution in [1.29, 1.82) is 0 Å². The molecule has 0 radical (unpaired) electrons. The number of hydrogen-bond acceptors (Lipinski definition) is 3. The van der Waals surface area contributed by atoms with Gasteiger partial charge in [0, 0.05) is 0 Å². The predicted octanol–water partition coefficient (Wildman–Crippen LogP) is 2.17. The highest BCUT2D eigenvalue weighted by Crippen LogP contribution is 2.43. The molecule has 1 aliphatic heterocycles. The highest BCUT2D eigenvalue weighted by molar-refractivity contribution is 5.45. The van der Waals surface area contributed by atoms with Crippen LogP contribution in [-0.4, -0.2) is 26.8 Å². The van der Waals surface area contributed by atoms with Gasteiger partial charge in [0.1, 0.15) is 13.2 Å². The van der Waals surface area contributed by atoms with Gasteiger partial charge in [0.15, 0.2) is 11.5 Å². The standard InChI is InChI=1S/C14H19NO2/c1-15-9-10-6-12(7-10)11-2-3-13-14(8-11)17-5-4-16-13/h2-3,8,10,12,15H,4-7,9H2,1H3. The van der Waals surface area contributed by atoms with Gasteiger partial charge in [0.25, 0.3) is 0 Å². The molecule has 0 unspecified atom stereocenters. The van der Waals surface area contributed by atoms with E-state index in [-0.39, 0.29) is 0 Å². The molecule has 92 valence electrons. The second-order valence-corrected chi connectivity index (χ2v) is 5.00. The zero-order valence-corrected chi connectivity index (χ0v) is 10.2. The summed E-state index contributed by atoms with van der Waals surface area (Å²) in [6.07, 6.45) is 2.58. The summed E-state index contributed by atoms with van der Waals surface area (Å²) < 4.78 is 11.2. The van der Waals surface area contributed by atoms with E-state index in [4.69, 9.17) is 9.47 Å². The van der Waals surface area contributed by atoms with E-state index in [9.17, 15) is 0 Å². The molecule has 0 aromatic heterocycles. The maximum Gasteiger partial charge on any atom is 0.161 e.